The third kappa shape index (κ3) is 1.33. The van der Waals surface area contributed by atoms with Gasteiger partial charge in [0.25, 0.3) is 0 Å². The third-order valence-corrected chi connectivity index (χ3v) is 3.49. The summed E-state index contributed by atoms with van der Waals surface area (Å²) in [6, 6.07) is 0. The summed E-state index contributed by atoms with van der Waals surface area (Å²) < 4.78 is 1.70. The highest BCUT2D eigenvalue weighted by Gasteiger charge is 2.35. The fourth-order valence-corrected chi connectivity index (χ4v) is 2.20. The molecule has 0 aliphatic heterocycles. The molecule has 0 amide bonds. The molecular weight excluding hydrogens is 204 g/mol. The first-order valence-electron chi connectivity index (χ1n) is 5.63. The summed E-state index contributed by atoms with van der Waals surface area (Å²) in [6.45, 7) is 2.21. The lowest BCUT2D eigenvalue weighted by molar-refractivity contribution is 0.268. The highest BCUT2D eigenvalue weighted by molar-refractivity contribution is 5.45. The van der Waals surface area contributed by atoms with Gasteiger partial charge >= 0.3 is 0 Å². The largest absolute Gasteiger partial charge is 0.363 e. The summed E-state index contributed by atoms with van der Waals surface area (Å²) in [5.41, 5.74) is 0.901. The number of nitrogens with zero attached hydrogens (tertiary/aromatic N) is 5. The molecule has 16 heavy (non-hydrogen) atoms. The number of nitrogens with one attached hydrogen (secondary N) is 1. The maximum absolute atomic E-state index is 4.14. The predicted octanol–water partition coefficient (Wildman–Crippen LogP) is 1.26. The van der Waals surface area contributed by atoms with Crippen LogP contribution in [0.4, 0.5) is 5.82 Å². The topological polar surface area (TPSA) is 68.0 Å². The molecule has 6 heteroatoms. The Labute approximate surface area is 93.1 Å². The standard InChI is InChI=1S/C10H14N6/c1-2-10(4-3-5-10)12-8-6-11-7-9-13-14-15-16(8)9/h6-7,12H,2-5H2,1H3. The molecule has 2 heterocycles. The van der Waals surface area contributed by atoms with Crippen LogP contribution in [0.2, 0.25) is 0 Å². The molecule has 0 unspecified atom stereocenters. The van der Waals surface area contributed by atoms with Crippen LogP contribution in [-0.2, 0) is 0 Å². The van der Waals surface area contributed by atoms with Gasteiger partial charge in [-0.25, -0.2) is 0 Å². The maximum atomic E-state index is 4.14. The fraction of sp³-hybridized carbons (Fsp3) is 0.600. The summed E-state index contributed by atoms with van der Waals surface area (Å²) in [5, 5.41) is 15.0. The van der Waals surface area contributed by atoms with E-state index in [1.54, 1.807) is 16.9 Å². The van der Waals surface area contributed by atoms with Gasteiger partial charge in [0.15, 0.2) is 11.5 Å². The van der Waals surface area contributed by atoms with Crippen molar-refractivity contribution in [2.45, 2.75) is 38.1 Å². The lowest BCUT2D eigenvalue weighted by Crippen LogP contribution is -2.44. The summed E-state index contributed by atoms with van der Waals surface area (Å²) in [4.78, 5) is 4.14. The summed E-state index contributed by atoms with van der Waals surface area (Å²) in [7, 11) is 0. The van der Waals surface area contributed by atoms with E-state index in [0.717, 1.165) is 12.2 Å². The SMILES string of the molecule is CCC1(Nc2cncc3nnnn23)CCC1. The van der Waals surface area contributed by atoms with E-state index in [0.29, 0.717) is 5.65 Å². The lowest BCUT2D eigenvalue weighted by atomic mass is 9.75. The quantitative estimate of drug-likeness (QED) is 0.840. The van der Waals surface area contributed by atoms with Crippen molar-refractivity contribution in [1.82, 2.24) is 25.0 Å². The van der Waals surface area contributed by atoms with Gasteiger partial charge in [0.05, 0.1) is 12.4 Å². The number of hydrogen-bond acceptors (Lipinski definition) is 5. The van der Waals surface area contributed by atoms with Crippen molar-refractivity contribution < 1.29 is 0 Å². The van der Waals surface area contributed by atoms with Crippen molar-refractivity contribution in [2.24, 2.45) is 0 Å². The maximum Gasteiger partial charge on any atom is 0.199 e. The zero-order chi connectivity index (χ0) is 11.0. The van der Waals surface area contributed by atoms with E-state index < -0.39 is 0 Å². The molecule has 1 aliphatic rings. The van der Waals surface area contributed by atoms with Crippen LogP contribution in [0.25, 0.3) is 5.65 Å². The fourth-order valence-electron chi connectivity index (χ4n) is 2.20. The Bertz CT molecular complexity index is 495. The van der Waals surface area contributed by atoms with Gasteiger partial charge in [-0.05, 0) is 36.1 Å². The molecule has 1 aliphatic carbocycles. The van der Waals surface area contributed by atoms with Crippen LogP contribution >= 0.6 is 0 Å². The van der Waals surface area contributed by atoms with Crippen molar-refractivity contribution in [3.63, 3.8) is 0 Å². The molecular formula is C10H14N6. The summed E-state index contributed by atoms with van der Waals surface area (Å²) in [5.74, 6) is 0.879. The number of rotatable bonds is 3. The Kier molecular flexibility index (Phi) is 2.02. The van der Waals surface area contributed by atoms with Crippen LogP contribution in [0.3, 0.4) is 0 Å². The van der Waals surface area contributed by atoms with Crippen molar-refractivity contribution >= 4 is 11.5 Å². The first-order valence-corrected chi connectivity index (χ1v) is 5.63. The second-order valence-electron chi connectivity index (χ2n) is 4.35. The van der Waals surface area contributed by atoms with E-state index in [2.05, 4.69) is 32.7 Å². The molecule has 1 saturated carbocycles. The van der Waals surface area contributed by atoms with Gasteiger partial charge in [0.2, 0.25) is 0 Å². The van der Waals surface area contributed by atoms with Gasteiger partial charge in [-0.3, -0.25) is 4.98 Å². The van der Waals surface area contributed by atoms with E-state index in [-0.39, 0.29) is 5.54 Å². The Hall–Kier alpha value is -1.72. The zero-order valence-electron chi connectivity index (χ0n) is 9.22. The van der Waals surface area contributed by atoms with Crippen molar-refractivity contribution in [3.05, 3.63) is 12.4 Å². The van der Waals surface area contributed by atoms with Crippen LogP contribution in [0.1, 0.15) is 32.6 Å². The van der Waals surface area contributed by atoms with Crippen molar-refractivity contribution in [3.8, 4) is 0 Å². The average Bonchev–Trinajstić information content (AvgIpc) is 2.72. The second kappa shape index (κ2) is 3.40. The molecule has 0 aromatic carbocycles. The van der Waals surface area contributed by atoms with E-state index >= 15 is 0 Å². The molecule has 0 bridgehead atoms. The third-order valence-electron chi connectivity index (χ3n) is 3.49. The van der Waals surface area contributed by atoms with Crippen LogP contribution in [0, 0.1) is 0 Å². The minimum absolute atomic E-state index is 0.224. The number of fused-ring (bicyclic) bond motifs is 1. The minimum Gasteiger partial charge on any atom is -0.363 e. The number of aromatic nitrogens is 5. The molecule has 6 nitrogen and oxygen atoms in total. The Morgan fingerprint density at radius 2 is 2.31 bits per heavy atom. The Balaban J connectivity index is 1.96. The molecule has 0 radical (unpaired) electrons. The van der Waals surface area contributed by atoms with Gasteiger partial charge < -0.3 is 5.32 Å². The van der Waals surface area contributed by atoms with Crippen molar-refractivity contribution in [1.29, 1.82) is 0 Å². The Morgan fingerprint density at radius 3 is 3.00 bits per heavy atom. The molecule has 0 saturated heterocycles. The average molecular weight is 218 g/mol. The van der Waals surface area contributed by atoms with Crippen molar-refractivity contribution in [2.75, 3.05) is 5.32 Å². The smallest absolute Gasteiger partial charge is 0.199 e. The molecule has 1 fully saturated rings. The van der Waals surface area contributed by atoms with E-state index in [4.69, 9.17) is 0 Å². The molecule has 3 rings (SSSR count). The van der Waals surface area contributed by atoms with E-state index in [9.17, 15) is 0 Å². The van der Waals surface area contributed by atoms with Crippen LogP contribution in [-0.4, -0.2) is 30.6 Å². The minimum atomic E-state index is 0.224. The summed E-state index contributed by atoms with van der Waals surface area (Å²) in [6.07, 6.45) is 8.26. The number of anilines is 1. The van der Waals surface area contributed by atoms with Crippen LogP contribution < -0.4 is 5.32 Å². The molecule has 0 spiro atoms. The Morgan fingerprint density at radius 1 is 1.44 bits per heavy atom. The zero-order valence-corrected chi connectivity index (χ0v) is 9.22. The van der Waals surface area contributed by atoms with E-state index in [1.165, 1.54) is 19.3 Å². The number of hydrogen-bond donors (Lipinski definition) is 1. The summed E-state index contributed by atoms with van der Waals surface area (Å²) >= 11 is 0. The second-order valence-corrected chi connectivity index (χ2v) is 4.35. The van der Waals surface area contributed by atoms with Crippen LogP contribution in [0.5, 0.6) is 0 Å². The van der Waals surface area contributed by atoms with Gasteiger partial charge in [-0.1, -0.05) is 6.92 Å². The lowest BCUT2D eigenvalue weighted by Gasteiger charge is -2.42. The van der Waals surface area contributed by atoms with Crippen LogP contribution in [0.15, 0.2) is 12.4 Å². The molecule has 2 aromatic rings. The highest BCUT2D eigenvalue weighted by atomic mass is 15.5. The van der Waals surface area contributed by atoms with Gasteiger partial charge in [-0.15, -0.1) is 5.10 Å². The molecule has 1 N–H and O–H groups in total. The van der Waals surface area contributed by atoms with Gasteiger partial charge in [0, 0.05) is 5.54 Å². The monoisotopic (exact) mass is 218 g/mol. The first kappa shape index (κ1) is 9.50. The van der Waals surface area contributed by atoms with E-state index in [1.807, 2.05) is 0 Å². The number of tetrazole rings is 1. The molecule has 2 aromatic heterocycles. The normalized spacial score (nSPS) is 18.3. The van der Waals surface area contributed by atoms with Gasteiger partial charge in [0.1, 0.15) is 0 Å². The molecule has 0 atom stereocenters. The highest BCUT2D eigenvalue weighted by Crippen LogP contribution is 2.37. The predicted molar refractivity (Wildman–Crippen MR) is 59.1 cm³/mol. The molecule has 84 valence electrons. The van der Waals surface area contributed by atoms with Gasteiger partial charge in [-0.2, -0.15) is 4.52 Å². The first-order chi connectivity index (χ1) is 7.83.